The number of anilines is 1. The topological polar surface area (TPSA) is 118 Å². The number of nitrogens with two attached hydrogens (primary N) is 1. The molecule has 0 aromatic heterocycles. The fraction of sp³-hybridized carbons (Fsp3) is 0.462. The van der Waals surface area contributed by atoms with Crippen molar-refractivity contribution in [1.82, 2.24) is 5.32 Å². The van der Waals surface area contributed by atoms with Gasteiger partial charge in [-0.05, 0) is 24.5 Å². The zero-order chi connectivity index (χ0) is 15.3. The first-order valence-corrected chi connectivity index (χ1v) is 6.32. The second kappa shape index (κ2) is 6.85. The third kappa shape index (κ3) is 3.92. The van der Waals surface area contributed by atoms with Gasteiger partial charge in [0, 0.05) is 24.3 Å². The maximum Gasteiger partial charge on any atom is 0.292 e. The van der Waals surface area contributed by atoms with Crippen LogP contribution >= 0.6 is 0 Å². The van der Waals surface area contributed by atoms with Crippen molar-refractivity contribution in [3.63, 3.8) is 0 Å². The highest BCUT2D eigenvalue weighted by Crippen LogP contribution is 2.22. The molecular weight excluding hydrogens is 262 g/mol. The van der Waals surface area contributed by atoms with Gasteiger partial charge in [-0.2, -0.15) is 0 Å². The van der Waals surface area contributed by atoms with E-state index in [1.54, 1.807) is 0 Å². The van der Waals surface area contributed by atoms with Gasteiger partial charge in [-0.1, -0.05) is 13.8 Å². The Morgan fingerprint density at radius 3 is 2.65 bits per heavy atom. The van der Waals surface area contributed by atoms with E-state index >= 15 is 0 Å². The number of aliphatic hydroxyl groups is 1. The van der Waals surface area contributed by atoms with E-state index in [4.69, 9.17) is 10.8 Å². The Morgan fingerprint density at radius 2 is 2.15 bits per heavy atom. The molecule has 0 aliphatic heterocycles. The van der Waals surface area contributed by atoms with Crippen LogP contribution in [0.15, 0.2) is 18.2 Å². The third-order valence-corrected chi connectivity index (χ3v) is 3.05. The van der Waals surface area contributed by atoms with Crippen molar-refractivity contribution < 1.29 is 14.8 Å². The predicted molar refractivity (Wildman–Crippen MR) is 75.3 cm³/mol. The lowest BCUT2D eigenvalue weighted by atomic mass is 10.0. The van der Waals surface area contributed by atoms with Gasteiger partial charge in [0.25, 0.3) is 11.6 Å². The van der Waals surface area contributed by atoms with Gasteiger partial charge in [0.2, 0.25) is 0 Å². The lowest BCUT2D eigenvalue weighted by Crippen LogP contribution is -2.39. The van der Waals surface area contributed by atoms with Crippen LogP contribution in [0, 0.1) is 16.0 Å². The number of rotatable bonds is 6. The average Bonchev–Trinajstić information content (AvgIpc) is 2.38. The number of aliphatic hydroxyl groups excluding tert-OH is 1. The molecule has 7 nitrogen and oxygen atoms in total. The molecule has 110 valence electrons. The first-order valence-electron chi connectivity index (χ1n) is 6.32. The molecule has 1 unspecified atom stereocenters. The number of hydrogen-bond donors (Lipinski definition) is 3. The van der Waals surface area contributed by atoms with Crippen LogP contribution in [-0.2, 0) is 0 Å². The molecular formula is C13H19N3O4. The number of amides is 1. The number of carbonyl (C=O) groups is 1. The van der Waals surface area contributed by atoms with Gasteiger partial charge in [0.1, 0.15) is 5.69 Å². The number of hydrogen-bond acceptors (Lipinski definition) is 5. The second-order valence-corrected chi connectivity index (χ2v) is 4.87. The molecule has 0 saturated heterocycles. The minimum Gasteiger partial charge on any atom is -0.396 e. The highest BCUT2D eigenvalue weighted by molar-refractivity contribution is 5.95. The monoisotopic (exact) mass is 281 g/mol. The van der Waals surface area contributed by atoms with Crippen LogP contribution in [0.4, 0.5) is 11.4 Å². The number of nitrogens with one attached hydrogen (secondary N) is 1. The molecule has 1 aromatic rings. The van der Waals surface area contributed by atoms with Gasteiger partial charge in [0.05, 0.1) is 4.92 Å². The van der Waals surface area contributed by atoms with Crippen LogP contribution in [0.2, 0.25) is 0 Å². The standard InChI is InChI=1S/C13H19N3O4/c1-8(2)11(5-6-17)15-13(18)9-3-4-10(14)12(7-9)16(19)20/h3-4,7-8,11,17H,5-6,14H2,1-2H3,(H,15,18). The quantitative estimate of drug-likeness (QED) is 0.412. The first-order chi connectivity index (χ1) is 9.36. The lowest BCUT2D eigenvalue weighted by Gasteiger charge is -2.21. The zero-order valence-electron chi connectivity index (χ0n) is 11.5. The van der Waals surface area contributed by atoms with Crippen molar-refractivity contribution >= 4 is 17.3 Å². The SMILES string of the molecule is CC(C)C(CCO)NC(=O)c1ccc(N)c([N+](=O)[O-])c1. The second-order valence-electron chi connectivity index (χ2n) is 4.87. The molecule has 1 amide bonds. The summed E-state index contributed by atoms with van der Waals surface area (Å²) in [5, 5.41) is 22.5. The van der Waals surface area contributed by atoms with E-state index in [2.05, 4.69) is 5.32 Å². The van der Waals surface area contributed by atoms with E-state index in [0.717, 1.165) is 6.07 Å². The minimum atomic E-state index is -0.625. The van der Waals surface area contributed by atoms with E-state index in [1.165, 1.54) is 12.1 Å². The Kier molecular flexibility index (Phi) is 5.45. The molecule has 0 radical (unpaired) electrons. The molecule has 1 aromatic carbocycles. The molecule has 0 heterocycles. The highest BCUT2D eigenvalue weighted by atomic mass is 16.6. The van der Waals surface area contributed by atoms with E-state index in [-0.39, 0.29) is 35.5 Å². The summed E-state index contributed by atoms with van der Waals surface area (Å²) in [6, 6.07) is 3.74. The summed E-state index contributed by atoms with van der Waals surface area (Å²) < 4.78 is 0. The average molecular weight is 281 g/mol. The number of benzene rings is 1. The van der Waals surface area contributed by atoms with Crippen LogP contribution in [0.25, 0.3) is 0 Å². The Morgan fingerprint density at radius 1 is 1.50 bits per heavy atom. The lowest BCUT2D eigenvalue weighted by molar-refractivity contribution is -0.383. The van der Waals surface area contributed by atoms with Crippen LogP contribution in [0.3, 0.4) is 0 Å². The van der Waals surface area contributed by atoms with E-state index in [9.17, 15) is 14.9 Å². The molecule has 7 heteroatoms. The van der Waals surface area contributed by atoms with E-state index in [1.807, 2.05) is 13.8 Å². The largest absolute Gasteiger partial charge is 0.396 e. The summed E-state index contributed by atoms with van der Waals surface area (Å²) in [4.78, 5) is 22.2. The van der Waals surface area contributed by atoms with Crippen molar-refractivity contribution in [2.45, 2.75) is 26.3 Å². The number of nitrogens with zero attached hydrogens (tertiary/aromatic N) is 1. The van der Waals surface area contributed by atoms with Crippen LogP contribution in [0.1, 0.15) is 30.6 Å². The number of nitro groups is 1. The predicted octanol–water partition coefficient (Wildman–Crippen LogP) is 1.31. The van der Waals surface area contributed by atoms with E-state index in [0.29, 0.717) is 6.42 Å². The molecule has 0 fully saturated rings. The maximum atomic E-state index is 12.1. The normalized spacial score (nSPS) is 12.2. The Labute approximate surface area is 116 Å². The molecule has 4 N–H and O–H groups in total. The van der Waals surface area contributed by atoms with Gasteiger partial charge in [-0.25, -0.2) is 0 Å². The van der Waals surface area contributed by atoms with Crippen LogP contribution < -0.4 is 11.1 Å². The van der Waals surface area contributed by atoms with E-state index < -0.39 is 10.8 Å². The van der Waals surface area contributed by atoms with Crippen molar-refractivity contribution in [2.24, 2.45) is 5.92 Å². The molecule has 1 atom stereocenters. The molecule has 0 spiro atoms. The zero-order valence-corrected chi connectivity index (χ0v) is 11.5. The Bertz CT molecular complexity index is 502. The van der Waals surface area contributed by atoms with Crippen molar-refractivity contribution in [2.75, 3.05) is 12.3 Å². The summed E-state index contributed by atoms with van der Waals surface area (Å²) in [7, 11) is 0. The first kappa shape index (κ1) is 15.9. The van der Waals surface area contributed by atoms with Gasteiger partial charge in [-0.3, -0.25) is 14.9 Å². The van der Waals surface area contributed by atoms with Crippen molar-refractivity contribution in [1.29, 1.82) is 0 Å². The van der Waals surface area contributed by atoms with Crippen LogP contribution in [-0.4, -0.2) is 28.6 Å². The summed E-state index contributed by atoms with van der Waals surface area (Å²) >= 11 is 0. The van der Waals surface area contributed by atoms with Crippen molar-refractivity contribution in [3.8, 4) is 0 Å². The third-order valence-electron chi connectivity index (χ3n) is 3.05. The molecule has 1 rings (SSSR count). The Hall–Kier alpha value is -2.15. The number of nitrogen functional groups attached to an aromatic ring is 1. The molecule has 0 bridgehead atoms. The fourth-order valence-electron chi connectivity index (χ4n) is 1.81. The summed E-state index contributed by atoms with van der Waals surface area (Å²) in [6.07, 6.45) is 0.431. The Balaban J connectivity index is 2.92. The number of carbonyl (C=O) groups excluding carboxylic acids is 1. The van der Waals surface area contributed by atoms with Crippen molar-refractivity contribution in [3.05, 3.63) is 33.9 Å². The summed E-state index contributed by atoms with van der Waals surface area (Å²) in [5.41, 5.74) is 5.38. The van der Waals surface area contributed by atoms with Gasteiger partial charge >= 0.3 is 0 Å². The summed E-state index contributed by atoms with van der Waals surface area (Å²) in [5.74, 6) is -0.268. The van der Waals surface area contributed by atoms with Crippen LogP contribution in [0.5, 0.6) is 0 Å². The minimum absolute atomic E-state index is 0.0160. The smallest absolute Gasteiger partial charge is 0.292 e. The molecule has 0 aliphatic rings. The fourth-order valence-corrected chi connectivity index (χ4v) is 1.81. The highest BCUT2D eigenvalue weighted by Gasteiger charge is 2.19. The summed E-state index contributed by atoms with van der Waals surface area (Å²) in [6.45, 7) is 3.81. The molecule has 20 heavy (non-hydrogen) atoms. The maximum absolute atomic E-state index is 12.1. The van der Waals surface area contributed by atoms with Gasteiger partial charge in [-0.15, -0.1) is 0 Å². The van der Waals surface area contributed by atoms with Gasteiger partial charge in [0.15, 0.2) is 0 Å². The number of nitro benzene ring substituents is 1. The molecule has 0 saturated carbocycles. The van der Waals surface area contributed by atoms with Gasteiger partial charge < -0.3 is 16.2 Å². The molecule has 0 aliphatic carbocycles.